The lowest BCUT2D eigenvalue weighted by molar-refractivity contribution is 0.482. The molecular weight excluding hydrogens is 296 g/mol. The van der Waals surface area contributed by atoms with Crippen LogP contribution in [0.15, 0.2) is 34.1 Å². The number of oxazole rings is 1. The molecule has 0 bridgehead atoms. The fraction of sp³-hybridized carbons (Fsp3) is 0.375. The second-order valence-corrected chi connectivity index (χ2v) is 6.52. The molecule has 1 saturated heterocycles. The van der Waals surface area contributed by atoms with Crippen molar-refractivity contribution in [3.63, 3.8) is 0 Å². The van der Waals surface area contributed by atoms with Crippen LogP contribution in [0, 0.1) is 6.92 Å². The third-order valence-electron chi connectivity index (χ3n) is 3.99. The second-order valence-electron chi connectivity index (χ2n) is 5.66. The van der Waals surface area contributed by atoms with Crippen LogP contribution in [-0.2, 0) is 0 Å². The smallest absolute Gasteiger partial charge is 0.298 e. The average Bonchev–Trinajstić information content (AvgIpc) is 3.14. The van der Waals surface area contributed by atoms with E-state index in [-0.39, 0.29) is 0 Å². The predicted molar refractivity (Wildman–Crippen MR) is 89.7 cm³/mol. The van der Waals surface area contributed by atoms with Gasteiger partial charge in [-0.15, -0.1) is 11.3 Å². The van der Waals surface area contributed by atoms with E-state index < -0.39 is 0 Å². The van der Waals surface area contributed by atoms with Gasteiger partial charge in [0.05, 0.1) is 5.69 Å². The van der Waals surface area contributed by atoms with Gasteiger partial charge in [-0.05, 0) is 31.9 Å². The van der Waals surface area contributed by atoms with Crippen molar-refractivity contribution in [2.24, 2.45) is 0 Å². The number of hydrogen-bond donors (Lipinski definition) is 1. The molecular formula is C16H18N4OS. The van der Waals surface area contributed by atoms with Crippen molar-refractivity contribution in [1.29, 1.82) is 0 Å². The van der Waals surface area contributed by atoms with Crippen molar-refractivity contribution < 1.29 is 4.42 Å². The van der Waals surface area contributed by atoms with E-state index in [1.54, 1.807) is 11.3 Å². The Balaban J connectivity index is 1.40. The maximum absolute atomic E-state index is 5.85. The molecule has 0 spiro atoms. The summed E-state index contributed by atoms with van der Waals surface area (Å²) in [6.45, 7) is 3.93. The Kier molecular flexibility index (Phi) is 3.46. The van der Waals surface area contributed by atoms with Gasteiger partial charge in [0.25, 0.3) is 6.01 Å². The van der Waals surface area contributed by atoms with E-state index in [2.05, 4.69) is 25.6 Å². The summed E-state index contributed by atoms with van der Waals surface area (Å²) in [4.78, 5) is 11.3. The molecule has 3 aromatic rings. The first-order chi connectivity index (χ1) is 10.8. The molecule has 4 rings (SSSR count). The number of benzene rings is 1. The molecule has 22 heavy (non-hydrogen) atoms. The van der Waals surface area contributed by atoms with E-state index >= 15 is 0 Å². The summed E-state index contributed by atoms with van der Waals surface area (Å²) in [6, 6.07) is 9.13. The van der Waals surface area contributed by atoms with Gasteiger partial charge in [-0.25, -0.2) is 4.98 Å². The highest BCUT2D eigenvalue weighted by Crippen LogP contribution is 2.26. The van der Waals surface area contributed by atoms with E-state index in [4.69, 9.17) is 4.42 Å². The minimum absolute atomic E-state index is 0.478. The fourth-order valence-electron chi connectivity index (χ4n) is 2.81. The minimum Gasteiger partial charge on any atom is -0.423 e. The Bertz CT molecular complexity index is 740. The Hall–Kier alpha value is -2.08. The zero-order chi connectivity index (χ0) is 14.9. The van der Waals surface area contributed by atoms with Gasteiger partial charge >= 0.3 is 0 Å². The molecule has 0 atom stereocenters. The van der Waals surface area contributed by atoms with E-state index in [1.807, 2.05) is 31.2 Å². The lowest BCUT2D eigenvalue weighted by Crippen LogP contribution is -2.39. The van der Waals surface area contributed by atoms with Gasteiger partial charge in [0, 0.05) is 24.5 Å². The molecule has 1 aliphatic heterocycles. The lowest BCUT2D eigenvalue weighted by Gasteiger charge is -2.31. The number of nitrogens with zero attached hydrogens (tertiary/aromatic N) is 3. The topological polar surface area (TPSA) is 54.2 Å². The molecule has 0 unspecified atom stereocenters. The normalized spacial score (nSPS) is 16.3. The number of aromatic nitrogens is 2. The van der Waals surface area contributed by atoms with Crippen LogP contribution in [0.1, 0.15) is 18.5 Å². The fourth-order valence-corrected chi connectivity index (χ4v) is 3.57. The molecule has 0 amide bonds. The first kappa shape index (κ1) is 13.6. The van der Waals surface area contributed by atoms with Crippen LogP contribution in [0.3, 0.4) is 0 Å². The van der Waals surface area contributed by atoms with Gasteiger partial charge in [0.2, 0.25) is 0 Å². The first-order valence-electron chi connectivity index (χ1n) is 7.57. The van der Waals surface area contributed by atoms with Crippen molar-refractivity contribution >= 4 is 33.6 Å². The maximum Gasteiger partial charge on any atom is 0.298 e. The average molecular weight is 314 g/mol. The van der Waals surface area contributed by atoms with Crippen LogP contribution in [-0.4, -0.2) is 29.1 Å². The van der Waals surface area contributed by atoms with E-state index in [9.17, 15) is 0 Å². The van der Waals surface area contributed by atoms with Crippen LogP contribution in [0.25, 0.3) is 11.1 Å². The number of aryl methyl sites for hydroxylation is 1. The Morgan fingerprint density at radius 3 is 2.77 bits per heavy atom. The molecule has 2 aromatic heterocycles. The van der Waals surface area contributed by atoms with Crippen LogP contribution in [0.4, 0.5) is 11.1 Å². The number of nitrogens with one attached hydrogen (secondary N) is 1. The monoisotopic (exact) mass is 314 g/mol. The summed E-state index contributed by atoms with van der Waals surface area (Å²) in [7, 11) is 0. The summed E-state index contributed by atoms with van der Waals surface area (Å²) in [5.74, 6) is 0. The molecule has 6 heteroatoms. The van der Waals surface area contributed by atoms with E-state index in [0.29, 0.717) is 6.04 Å². The standard InChI is InChI=1S/C16H18N4OS/c1-11-10-22-15(17-11)18-12-6-8-20(9-7-12)16-19-13-4-2-3-5-14(13)21-16/h2-5,10,12H,6-9H2,1H3,(H,17,18). The summed E-state index contributed by atoms with van der Waals surface area (Å²) in [5, 5.41) is 6.63. The van der Waals surface area contributed by atoms with Gasteiger partial charge < -0.3 is 14.6 Å². The molecule has 0 aliphatic carbocycles. The SMILES string of the molecule is Cc1csc(NC2CCN(c3nc4ccccc4o3)CC2)n1. The third-order valence-corrected chi connectivity index (χ3v) is 4.89. The largest absolute Gasteiger partial charge is 0.423 e. The Labute approximate surface area is 133 Å². The highest BCUT2D eigenvalue weighted by atomic mass is 32.1. The summed E-state index contributed by atoms with van der Waals surface area (Å²) in [6.07, 6.45) is 2.13. The Morgan fingerprint density at radius 2 is 2.05 bits per heavy atom. The van der Waals surface area contributed by atoms with Crippen molar-refractivity contribution in [2.75, 3.05) is 23.3 Å². The molecule has 5 nitrogen and oxygen atoms in total. The summed E-state index contributed by atoms with van der Waals surface area (Å²) in [5.41, 5.74) is 2.86. The number of hydrogen-bond acceptors (Lipinski definition) is 6. The van der Waals surface area contributed by atoms with Crippen LogP contribution < -0.4 is 10.2 Å². The van der Waals surface area contributed by atoms with Crippen molar-refractivity contribution in [3.8, 4) is 0 Å². The zero-order valence-corrected chi connectivity index (χ0v) is 13.3. The maximum atomic E-state index is 5.85. The van der Waals surface area contributed by atoms with Crippen LogP contribution in [0.2, 0.25) is 0 Å². The van der Waals surface area contributed by atoms with Crippen LogP contribution >= 0.6 is 11.3 Å². The zero-order valence-electron chi connectivity index (χ0n) is 12.5. The van der Waals surface area contributed by atoms with Crippen molar-refractivity contribution in [2.45, 2.75) is 25.8 Å². The molecule has 1 N–H and O–H groups in total. The van der Waals surface area contributed by atoms with Gasteiger partial charge in [-0.1, -0.05) is 12.1 Å². The highest BCUT2D eigenvalue weighted by Gasteiger charge is 2.23. The number of anilines is 2. The van der Waals surface area contributed by atoms with E-state index in [1.165, 1.54) is 0 Å². The van der Waals surface area contributed by atoms with E-state index in [0.717, 1.165) is 53.9 Å². The van der Waals surface area contributed by atoms with Crippen molar-refractivity contribution in [3.05, 3.63) is 35.3 Å². The van der Waals surface area contributed by atoms with Gasteiger partial charge in [-0.2, -0.15) is 4.98 Å². The number of thiazole rings is 1. The second kappa shape index (κ2) is 5.61. The predicted octanol–water partition coefficient (Wildman–Crippen LogP) is 3.67. The first-order valence-corrected chi connectivity index (χ1v) is 8.45. The van der Waals surface area contributed by atoms with Gasteiger partial charge in [0.15, 0.2) is 10.7 Å². The minimum atomic E-state index is 0.478. The van der Waals surface area contributed by atoms with Crippen LogP contribution in [0.5, 0.6) is 0 Å². The number of para-hydroxylation sites is 2. The van der Waals surface area contributed by atoms with Crippen molar-refractivity contribution in [1.82, 2.24) is 9.97 Å². The van der Waals surface area contributed by atoms with Gasteiger partial charge in [-0.3, -0.25) is 0 Å². The molecule has 114 valence electrons. The molecule has 1 aromatic carbocycles. The molecule has 0 saturated carbocycles. The van der Waals surface area contributed by atoms with Gasteiger partial charge in [0.1, 0.15) is 5.52 Å². The summed E-state index contributed by atoms with van der Waals surface area (Å²) >= 11 is 1.68. The number of rotatable bonds is 3. The Morgan fingerprint density at radius 1 is 1.23 bits per heavy atom. The quantitative estimate of drug-likeness (QED) is 0.799. The summed E-state index contributed by atoms with van der Waals surface area (Å²) < 4.78 is 5.85. The molecule has 3 heterocycles. The molecule has 1 aliphatic rings. The molecule has 0 radical (unpaired) electrons. The lowest BCUT2D eigenvalue weighted by atomic mass is 10.1. The molecule has 1 fully saturated rings. The number of piperidine rings is 1. The highest BCUT2D eigenvalue weighted by molar-refractivity contribution is 7.13. The number of fused-ring (bicyclic) bond motifs is 1. The third kappa shape index (κ3) is 2.66.